The van der Waals surface area contributed by atoms with Crippen LogP contribution in [0.4, 0.5) is 14.9 Å². The van der Waals surface area contributed by atoms with Gasteiger partial charge < -0.3 is 10.5 Å². The minimum Gasteiger partial charge on any atom is -0.443 e. The quantitative estimate of drug-likeness (QED) is 0.939. The number of amides is 1. The van der Waals surface area contributed by atoms with E-state index in [-0.39, 0.29) is 12.6 Å². The number of ether oxygens (including phenoxy) is 1. The van der Waals surface area contributed by atoms with Crippen molar-refractivity contribution in [3.8, 4) is 11.1 Å². The predicted molar refractivity (Wildman–Crippen MR) is 76.3 cm³/mol. The predicted octanol–water partition coefficient (Wildman–Crippen LogP) is 2.17. The Bertz CT molecular complexity index is 663. The number of hydrogen-bond acceptors (Lipinski definition) is 4. The highest BCUT2D eigenvalue weighted by atomic mass is 19.1. The number of nitrogens with zero attached hydrogens (tertiary/aromatic N) is 2. The van der Waals surface area contributed by atoms with Gasteiger partial charge in [0.25, 0.3) is 0 Å². The summed E-state index contributed by atoms with van der Waals surface area (Å²) < 4.78 is 19.3. The molecule has 1 atom stereocenters. The van der Waals surface area contributed by atoms with Gasteiger partial charge in [-0.1, -0.05) is 0 Å². The Morgan fingerprint density at radius 2 is 2.10 bits per heavy atom. The zero-order chi connectivity index (χ0) is 14.8. The van der Waals surface area contributed by atoms with Gasteiger partial charge in [0.1, 0.15) is 11.9 Å². The van der Waals surface area contributed by atoms with Gasteiger partial charge in [0.2, 0.25) is 0 Å². The van der Waals surface area contributed by atoms with E-state index in [2.05, 4.69) is 4.98 Å². The van der Waals surface area contributed by atoms with Crippen LogP contribution >= 0.6 is 0 Å². The molecule has 1 fully saturated rings. The molecule has 1 aliphatic rings. The minimum atomic E-state index is -0.499. The van der Waals surface area contributed by atoms with Gasteiger partial charge >= 0.3 is 6.09 Å². The smallest absolute Gasteiger partial charge is 0.414 e. The van der Waals surface area contributed by atoms with Gasteiger partial charge in [-0.2, -0.15) is 0 Å². The van der Waals surface area contributed by atoms with Crippen molar-refractivity contribution in [3.63, 3.8) is 0 Å². The number of hydrogen-bond donors (Lipinski definition) is 1. The number of cyclic esters (lactones) is 1. The number of nitrogens with two attached hydrogens (primary N) is 1. The lowest BCUT2D eigenvalue weighted by atomic mass is 10.1. The molecule has 0 radical (unpaired) electrons. The lowest BCUT2D eigenvalue weighted by Crippen LogP contribution is -2.27. The van der Waals surface area contributed by atoms with E-state index in [9.17, 15) is 9.18 Å². The number of carbonyl (C=O) groups excluding carboxylic acids is 1. The van der Waals surface area contributed by atoms with Crippen molar-refractivity contribution in [1.29, 1.82) is 0 Å². The zero-order valence-corrected chi connectivity index (χ0v) is 11.2. The van der Waals surface area contributed by atoms with Crippen LogP contribution in [0.25, 0.3) is 11.1 Å². The Morgan fingerprint density at radius 3 is 2.71 bits per heavy atom. The molecule has 3 rings (SSSR count). The van der Waals surface area contributed by atoms with Crippen LogP contribution < -0.4 is 10.6 Å². The molecule has 6 heteroatoms. The van der Waals surface area contributed by atoms with Crippen LogP contribution in [0.5, 0.6) is 0 Å². The molecule has 0 aliphatic carbocycles. The molecule has 1 amide bonds. The van der Waals surface area contributed by atoms with Gasteiger partial charge in [0, 0.05) is 24.5 Å². The number of anilines is 1. The first-order chi connectivity index (χ1) is 10.2. The highest BCUT2D eigenvalue weighted by Gasteiger charge is 2.31. The molecule has 2 heterocycles. The van der Waals surface area contributed by atoms with E-state index in [0.717, 1.165) is 5.56 Å². The number of carbonyl (C=O) groups is 1. The van der Waals surface area contributed by atoms with Gasteiger partial charge in [0.05, 0.1) is 12.2 Å². The Hall–Kier alpha value is -2.47. The molecule has 0 saturated carbocycles. The van der Waals surface area contributed by atoms with Crippen LogP contribution in [0.3, 0.4) is 0 Å². The van der Waals surface area contributed by atoms with Gasteiger partial charge in [0.15, 0.2) is 0 Å². The summed E-state index contributed by atoms with van der Waals surface area (Å²) in [6, 6.07) is 8.12. The molecule has 2 aromatic rings. The summed E-state index contributed by atoms with van der Waals surface area (Å²) in [5, 5.41) is 0. The fourth-order valence-electron chi connectivity index (χ4n) is 2.29. The van der Waals surface area contributed by atoms with Crippen molar-refractivity contribution in [2.45, 2.75) is 6.10 Å². The second-order valence-electron chi connectivity index (χ2n) is 4.75. The van der Waals surface area contributed by atoms with Crippen molar-refractivity contribution in [1.82, 2.24) is 4.98 Å². The maximum absolute atomic E-state index is 14.3. The second-order valence-corrected chi connectivity index (χ2v) is 4.75. The zero-order valence-electron chi connectivity index (χ0n) is 11.2. The van der Waals surface area contributed by atoms with Crippen molar-refractivity contribution in [2.75, 3.05) is 18.0 Å². The van der Waals surface area contributed by atoms with Gasteiger partial charge in [-0.3, -0.25) is 9.88 Å². The van der Waals surface area contributed by atoms with E-state index >= 15 is 0 Å². The van der Waals surface area contributed by atoms with Crippen molar-refractivity contribution in [2.24, 2.45) is 5.73 Å². The average Bonchev–Trinajstić information content (AvgIpc) is 2.89. The fraction of sp³-hybridized carbons (Fsp3) is 0.200. The topological polar surface area (TPSA) is 68.5 Å². The largest absolute Gasteiger partial charge is 0.443 e. The van der Waals surface area contributed by atoms with Gasteiger partial charge in [-0.05, 0) is 35.9 Å². The van der Waals surface area contributed by atoms with Crippen LogP contribution in [0.2, 0.25) is 0 Å². The first kappa shape index (κ1) is 13.5. The molecule has 1 unspecified atom stereocenters. The second kappa shape index (κ2) is 5.49. The van der Waals surface area contributed by atoms with Gasteiger partial charge in [-0.25, -0.2) is 9.18 Å². The molecular formula is C15H14FN3O2. The third-order valence-electron chi connectivity index (χ3n) is 3.39. The molecule has 5 nitrogen and oxygen atoms in total. The molecule has 21 heavy (non-hydrogen) atoms. The van der Waals surface area contributed by atoms with Crippen LogP contribution in [0.1, 0.15) is 0 Å². The molecule has 1 aromatic carbocycles. The highest BCUT2D eigenvalue weighted by molar-refractivity contribution is 5.90. The van der Waals surface area contributed by atoms with Crippen molar-refractivity contribution < 1.29 is 13.9 Å². The van der Waals surface area contributed by atoms with Crippen LogP contribution in [-0.2, 0) is 4.74 Å². The number of benzene rings is 1. The number of aromatic nitrogens is 1. The number of rotatable bonds is 3. The molecule has 2 N–H and O–H groups in total. The normalized spacial score (nSPS) is 17.9. The van der Waals surface area contributed by atoms with E-state index in [4.69, 9.17) is 10.5 Å². The molecule has 0 bridgehead atoms. The van der Waals surface area contributed by atoms with E-state index in [1.807, 2.05) is 0 Å². The first-order valence-corrected chi connectivity index (χ1v) is 6.57. The molecule has 108 valence electrons. The standard InChI is InChI=1S/C15H14FN3O2/c16-14-7-11(19-9-12(8-17)21-15(19)20)1-2-13(14)10-3-5-18-6-4-10/h1-7,12H,8-9,17H2. The number of pyridine rings is 1. The Morgan fingerprint density at radius 1 is 1.33 bits per heavy atom. The van der Waals surface area contributed by atoms with Gasteiger partial charge in [-0.15, -0.1) is 0 Å². The van der Waals surface area contributed by atoms with E-state index in [0.29, 0.717) is 17.8 Å². The van der Waals surface area contributed by atoms with E-state index < -0.39 is 11.9 Å². The van der Waals surface area contributed by atoms with Crippen LogP contribution in [0.15, 0.2) is 42.7 Å². The summed E-state index contributed by atoms with van der Waals surface area (Å²) >= 11 is 0. The summed E-state index contributed by atoms with van der Waals surface area (Å²) in [5.41, 5.74) is 7.14. The van der Waals surface area contributed by atoms with E-state index in [1.165, 1.54) is 11.0 Å². The minimum absolute atomic E-state index is 0.250. The lowest BCUT2D eigenvalue weighted by molar-refractivity contribution is 0.145. The van der Waals surface area contributed by atoms with Crippen molar-refractivity contribution in [3.05, 3.63) is 48.5 Å². The first-order valence-electron chi connectivity index (χ1n) is 6.57. The third-order valence-corrected chi connectivity index (χ3v) is 3.39. The summed E-state index contributed by atoms with van der Waals surface area (Å²) in [7, 11) is 0. The Kier molecular flexibility index (Phi) is 3.53. The fourth-order valence-corrected chi connectivity index (χ4v) is 2.29. The highest BCUT2D eigenvalue weighted by Crippen LogP contribution is 2.28. The molecular weight excluding hydrogens is 273 g/mol. The van der Waals surface area contributed by atoms with Crippen LogP contribution in [-0.4, -0.2) is 30.3 Å². The molecule has 0 spiro atoms. The third kappa shape index (κ3) is 2.57. The average molecular weight is 287 g/mol. The Labute approximate surface area is 121 Å². The van der Waals surface area contributed by atoms with Crippen LogP contribution in [0, 0.1) is 5.82 Å². The lowest BCUT2D eigenvalue weighted by Gasteiger charge is -2.14. The summed E-state index contributed by atoms with van der Waals surface area (Å²) in [4.78, 5) is 17.0. The Balaban J connectivity index is 1.90. The maximum Gasteiger partial charge on any atom is 0.414 e. The van der Waals surface area contributed by atoms with E-state index in [1.54, 1.807) is 36.7 Å². The number of halogens is 1. The molecule has 1 aliphatic heterocycles. The molecule has 1 aromatic heterocycles. The summed E-state index contributed by atoms with van der Waals surface area (Å²) in [6.07, 6.45) is 2.36. The van der Waals surface area contributed by atoms with Crippen molar-refractivity contribution >= 4 is 11.8 Å². The summed E-state index contributed by atoms with van der Waals surface area (Å²) in [5.74, 6) is -0.400. The summed E-state index contributed by atoms with van der Waals surface area (Å²) in [6.45, 7) is 0.587. The SMILES string of the molecule is NCC1CN(c2ccc(-c3ccncc3)c(F)c2)C(=O)O1. The molecule has 1 saturated heterocycles. The maximum atomic E-state index is 14.3. The monoisotopic (exact) mass is 287 g/mol.